The number of fused-ring (bicyclic) bond motifs is 1. The number of furan rings is 1. The standard InChI is InChI=1S/C11H10N4O2S/c1-6-5-18-11-13-10(14-15(6)11)12-9(16)8-4-3-7(2)17-8/h3-5H,1-2H3,(H,12,14,16). The van der Waals surface area contributed by atoms with Crippen LogP contribution in [0.25, 0.3) is 4.96 Å². The summed E-state index contributed by atoms with van der Waals surface area (Å²) in [5, 5.41) is 8.75. The Morgan fingerprint density at radius 1 is 1.44 bits per heavy atom. The van der Waals surface area contributed by atoms with Gasteiger partial charge >= 0.3 is 0 Å². The molecule has 0 unspecified atom stereocenters. The summed E-state index contributed by atoms with van der Waals surface area (Å²) in [5.41, 5.74) is 0.983. The van der Waals surface area contributed by atoms with E-state index in [9.17, 15) is 4.79 Å². The quantitative estimate of drug-likeness (QED) is 0.768. The summed E-state index contributed by atoms with van der Waals surface area (Å²) in [5.74, 6) is 0.875. The zero-order valence-electron chi connectivity index (χ0n) is 9.80. The third-order valence-electron chi connectivity index (χ3n) is 2.44. The number of carbonyl (C=O) groups is 1. The summed E-state index contributed by atoms with van der Waals surface area (Å²) in [6.45, 7) is 3.71. The van der Waals surface area contributed by atoms with Crippen LogP contribution in [0.4, 0.5) is 5.95 Å². The van der Waals surface area contributed by atoms with Gasteiger partial charge in [-0.25, -0.2) is 4.52 Å². The minimum absolute atomic E-state index is 0.252. The highest BCUT2D eigenvalue weighted by atomic mass is 32.1. The highest BCUT2D eigenvalue weighted by Crippen LogP contribution is 2.16. The van der Waals surface area contributed by atoms with Crippen molar-refractivity contribution in [3.05, 3.63) is 34.7 Å². The fraction of sp³-hybridized carbons (Fsp3) is 0.182. The van der Waals surface area contributed by atoms with E-state index in [1.165, 1.54) is 11.3 Å². The van der Waals surface area contributed by atoms with Gasteiger partial charge in [0.1, 0.15) is 5.76 Å². The summed E-state index contributed by atoms with van der Waals surface area (Å²) in [6, 6.07) is 3.35. The van der Waals surface area contributed by atoms with Gasteiger partial charge in [-0.15, -0.1) is 16.4 Å². The van der Waals surface area contributed by atoms with Crippen LogP contribution in [0.2, 0.25) is 0 Å². The minimum Gasteiger partial charge on any atom is -0.456 e. The van der Waals surface area contributed by atoms with Crippen molar-refractivity contribution in [2.75, 3.05) is 5.32 Å². The van der Waals surface area contributed by atoms with E-state index in [1.54, 1.807) is 23.6 Å². The van der Waals surface area contributed by atoms with E-state index < -0.39 is 0 Å². The van der Waals surface area contributed by atoms with Crippen molar-refractivity contribution in [3.63, 3.8) is 0 Å². The first-order valence-electron chi connectivity index (χ1n) is 5.32. The molecule has 3 aromatic heterocycles. The van der Waals surface area contributed by atoms with Gasteiger partial charge in [-0.3, -0.25) is 10.1 Å². The molecule has 18 heavy (non-hydrogen) atoms. The summed E-state index contributed by atoms with van der Waals surface area (Å²) < 4.78 is 6.91. The third kappa shape index (κ3) is 1.78. The summed E-state index contributed by atoms with van der Waals surface area (Å²) in [4.78, 5) is 16.8. The molecule has 0 fully saturated rings. The van der Waals surface area contributed by atoms with E-state index in [2.05, 4.69) is 15.4 Å². The van der Waals surface area contributed by atoms with Gasteiger partial charge in [0.25, 0.3) is 11.9 Å². The first-order chi connectivity index (χ1) is 8.63. The predicted octanol–water partition coefficient (Wildman–Crippen LogP) is 2.25. The fourth-order valence-corrected chi connectivity index (χ4v) is 2.36. The normalized spacial score (nSPS) is 11.0. The number of nitrogens with one attached hydrogen (secondary N) is 1. The van der Waals surface area contributed by atoms with E-state index in [4.69, 9.17) is 4.42 Å². The van der Waals surface area contributed by atoms with Gasteiger partial charge in [0, 0.05) is 5.38 Å². The fourth-order valence-electron chi connectivity index (χ4n) is 1.56. The molecule has 0 aliphatic rings. The molecule has 6 nitrogen and oxygen atoms in total. The Morgan fingerprint density at radius 3 is 2.94 bits per heavy atom. The molecule has 0 aliphatic carbocycles. The monoisotopic (exact) mass is 262 g/mol. The van der Waals surface area contributed by atoms with E-state index in [0.717, 1.165) is 10.7 Å². The highest BCUT2D eigenvalue weighted by Gasteiger charge is 2.14. The Bertz CT molecular complexity index is 724. The maximum atomic E-state index is 11.8. The zero-order valence-corrected chi connectivity index (χ0v) is 10.6. The number of anilines is 1. The van der Waals surface area contributed by atoms with Crippen LogP contribution in [0.1, 0.15) is 22.0 Å². The number of hydrogen-bond acceptors (Lipinski definition) is 5. The molecule has 3 heterocycles. The number of thiazole rings is 1. The molecule has 0 spiro atoms. The van der Waals surface area contributed by atoms with Gasteiger partial charge in [-0.1, -0.05) is 0 Å². The van der Waals surface area contributed by atoms with Gasteiger partial charge in [-0.05, 0) is 26.0 Å². The lowest BCUT2D eigenvalue weighted by Gasteiger charge is -1.96. The van der Waals surface area contributed by atoms with E-state index >= 15 is 0 Å². The van der Waals surface area contributed by atoms with Crippen molar-refractivity contribution in [1.29, 1.82) is 0 Å². The van der Waals surface area contributed by atoms with Crippen molar-refractivity contribution in [1.82, 2.24) is 14.6 Å². The van der Waals surface area contributed by atoms with Crippen LogP contribution in [-0.2, 0) is 0 Å². The maximum absolute atomic E-state index is 11.8. The SMILES string of the molecule is Cc1ccc(C(=O)Nc2nc3scc(C)n3n2)o1. The largest absolute Gasteiger partial charge is 0.456 e. The number of nitrogens with zero attached hydrogens (tertiary/aromatic N) is 3. The molecule has 7 heteroatoms. The Labute approximate surface area is 106 Å². The van der Waals surface area contributed by atoms with Crippen LogP contribution < -0.4 is 5.32 Å². The van der Waals surface area contributed by atoms with Crippen molar-refractivity contribution < 1.29 is 9.21 Å². The van der Waals surface area contributed by atoms with Crippen molar-refractivity contribution in [2.24, 2.45) is 0 Å². The topological polar surface area (TPSA) is 72.4 Å². The number of rotatable bonds is 2. The lowest BCUT2D eigenvalue weighted by Crippen LogP contribution is -2.12. The second-order valence-electron chi connectivity index (χ2n) is 3.87. The van der Waals surface area contributed by atoms with Gasteiger partial charge < -0.3 is 4.42 Å². The number of hydrogen-bond donors (Lipinski definition) is 1. The molecule has 1 N–H and O–H groups in total. The third-order valence-corrected chi connectivity index (χ3v) is 3.37. The number of carbonyl (C=O) groups excluding carboxylic acids is 1. The number of amides is 1. The van der Waals surface area contributed by atoms with Crippen molar-refractivity contribution in [2.45, 2.75) is 13.8 Å². The second-order valence-corrected chi connectivity index (χ2v) is 4.71. The van der Waals surface area contributed by atoms with Gasteiger partial charge in [0.05, 0.1) is 5.69 Å². The molecule has 0 atom stereocenters. The number of aromatic nitrogens is 3. The van der Waals surface area contributed by atoms with Crippen LogP contribution in [0.15, 0.2) is 21.9 Å². The highest BCUT2D eigenvalue weighted by molar-refractivity contribution is 7.15. The second kappa shape index (κ2) is 3.95. The molecular weight excluding hydrogens is 252 g/mol. The molecule has 0 radical (unpaired) electrons. The molecule has 1 amide bonds. The molecule has 3 aromatic rings. The van der Waals surface area contributed by atoms with E-state index in [0.29, 0.717) is 5.76 Å². The van der Waals surface area contributed by atoms with E-state index in [-0.39, 0.29) is 17.6 Å². The van der Waals surface area contributed by atoms with Crippen LogP contribution in [0.3, 0.4) is 0 Å². The molecule has 3 rings (SSSR count). The predicted molar refractivity (Wildman–Crippen MR) is 67.0 cm³/mol. The summed E-state index contributed by atoms with van der Waals surface area (Å²) in [7, 11) is 0. The summed E-state index contributed by atoms with van der Waals surface area (Å²) in [6.07, 6.45) is 0. The van der Waals surface area contributed by atoms with Crippen LogP contribution in [0.5, 0.6) is 0 Å². The van der Waals surface area contributed by atoms with Crippen LogP contribution in [-0.4, -0.2) is 20.5 Å². The number of aryl methyl sites for hydroxylation is 2. The Kier molecular flexibility index (Phi) is 2.41. The minimum atomic E-state index is -0.348. The smallest absolute Gasteiger partial charge is 0.293 e. The Hall–Kier alpha value is -2.15. The van der Waals surface area contributed by atoms with Crippen molar-refractivity contribution in [3.8, 4) is 0 Å². The molecular formula is C11H10N4O2S. The maximum Gasteiger partial charge on any atom is 0.293 e. The molecule has 0 saturated carbocycles. The molecule has 0 aromatic carbocycles. The Morgan fingerprint density at radius 2 is 2.28 bits per heavy atom. The zero-order chi connectivity index (χ0) is 12.7. The molecule has 0 bridgehead atoms. The Balaban J connectivity index is 1.85. The molecule has 0 saturated heterocycles. The van der Waals surface area contributed by atoms with Crippen molar-refractivity contribution >= 4 is 28.2 Å². The average Bonchev–Trinajstić information content (AvgIpc) is 2.98. The van der Waals surface area contributed by atoms with Crippen LogP contribution >= 0.6 is 11.3 Å². The molecule has 0 aliphatic heterocycles. The van der Waals surface area contributed by atoms with Gasteiger partial charge in [0.2, 0.25) is 4.96 Å². The first kappa shape index (κ1) is 11.0. The van der Waals surface area contributed by atoms with E-state index in [1.807, 2.05) is 12.3 Å². The first-order valence-corrected chi connectivity index (χ1v) is 6.20. The van der Waals surface area contributed by atoms with Crippen LogP contribution in [0, 0.1) is 13.8 Å². The lowest BCUT2D eigenvalue weighted by atomic mass is 10.4. The van der Waals surface area contributed by atoms with Gasteiger partial charge in [0.15, 0.2) is 5.76 Å². The molecule has 92 valence electrons. The summed E-state index contributed by atoms with van der Waals surface area (Å²) >= 11 is 1.48. The van der Waals surface area contributed by atoms with Gasteiger partial charge in [-0.2, -0.15) is 4.98 Å². The average molecular weight is 262 g/mol. The lowest BCUT2D eigenvalue weighted by molar-refractivity contribution is 0.0994.